The Morgan fingerprint density at radius 2 is 2.04 bits per heavy atom. The molecule has 1 aliphatic carbocycles. The van der Waals surface area contributed by atoms with Gasteiger partial charge in [0.15, 0.2) is 0 Å². The van der Waals surface area contributed by atoms with Crippen molar-refractivity contribution in [2.24, 2.45) is 5.92 Å². The molecule has 6 heteroatoms. The van der Waals surface area contributed by atoms with E-state index in [0.717, 1.165) is 35.1 Å². The minimum atomic E-state index is -1.11. The van der Waals surface area contributed by atoms with Gasteiger partial charge < -0.3 is 20.1 Å². The Balaban J connectivity index is 2.27. The fourth-order valence-corrected chi connectivity index (χ4v) is 3.67. The number of aliphatic carboxylic acids is 1. The second-order valence-electron chi connectivity index (χ2n) is 7.43. The van der Waals surface area contributed by atoms with Crippen molar-refractivity contribution in [2.45, 2.75) is 64.8 Å². The van der Waals surface area contributed by atoms with Crippen molar-refractivity contribution in [3.63, 3.8) is 0 Å². The second-order valence-corrected chi connectivity index (χ2v) is 7.43. The molecule has 4 atom stereocenters. The van der Waals surface area contributed by atoms with Crippen molar-refractivity contribution >= 4 is 18.0 Å². The minimum absolute atomic E-state index is 0.0543. The maximum atomic E-state index is 11.5. The number of hydrogen-bond acceptors (Lipinski definition) is 5. The van der Waals surface area contributed by atoms with Crippen molar-refractivity contribution < 1.29 is 29.6 Å². The van der Waals surface area contributed by atoms with Gasteiger partial charge in [0.1, 0.15) is 6.10 Å². The van der Waals surface area contributed by atoms with Crippen LogP contribution in [-0.2, 0) is 20.7 Å². The Morgan fingerprint density at radius 1 is 1.33 bits per heavy atom. The average molecular weight is 376 g/mol. The molecule has 2 rings (SSSR count). The highest BCUT2D eigenvalue weighted by Crippen LogP contribution is 2.39. The summed E-state index contributed by atoms with van der Waals surface area (Å²) in [4.78, 5) is 22.2. The van der Waals surface area contributed by atoms with Gasteiger partial charge in [-0.15, -0.1) is 0 Å². The number of carbonyl (C=O) groups is 2. The van der Waals surface area contributed by atoms with Crippen LogP contribution in [-0.4, -0.2) is 39.5 Å². The van der Waals surface area contributed by atoms with E-state index in [2.05, 4.69) is 13.0 Å². The maximum Gasteiger partial charge on any atom is 0.305 e. The fourth-order valence-electron chi connectivity index (χ4n) is 3.67. The van der Waals surface area contributed by atoms with Gasteiger partial charge in [-0.3, -0.25) is 9.59 Å². The van der Waals surface area contributed by atoms with Gasteiger partial charge in [-0.1, -0.05) is 31.2 Å². The van der Waals surface area contributed by atoms with Gasteiger partial charge >= 0.3 is 11.9 Å². The van der Waals surface area contributed by atoms with Crippen LogP contribution in [0.3, 0.4) is 0 Å². The average Bonchev–Trinajstić information content (AvgIpc) is 2.52. The molecule has 27 heavy (non-hydrogen) atoms. The van der Waals surface area contributed by atoms with Crippen LogP contribution in [0.5, 0.6) is 0 Å². The number of carboxylic acids is 1. The number of aliphatic hydroxyl groups is 2. The van der Waals surface area contributed by atoms with Crippen LogP contribution in [0.15, 0.2) is 18.2 Å². The first kappa shape index (κ1) is 21.1. The number of esters is 1. The zero-order chi connectivity index (χ0) is 20.1. The molecule has 0 fully saturated rings. The predicted molar refractivity (Wildman–Crippen MR) is 101 cm³/mol. The van der Waals surface area contributed by atoms with Gasteiger partial charge in [-0.05, 0) is 42.4 Å². The molecule has 0 unspecified atom stereocenters. The molecule has 0 amide bonds. The Hall–Kier alpha value is -2.18. The summed E-state index contributed by atoms with van der Waals surface area (Å²) < 4.78 is 5.56. The molecule has 0 heterocycles. The second kappa shape index (κ2) is 9.15. The molecule has 6 nitrogen and oxygen atoms in total. The monoisotopic (exact) mass is 376 g/mol. The Morgan fingerprint density at radius 3 is 2.67 bits per heavy atom. The zero-order valence-corrected chi connectivity index (χ0v) is 16.0. The van der Waals surface area contributed by atoms with Crippen molar-refractivity contribution in [1.29, 1.82) is 0 Å². The van der Waals surface area contributed by atoms with E-state index in [1.54, 1.807) is 12.2 Å². The number of rotatable bonds is 7. The Labute approximate surface area is 159 Å². The lowest BCUT2D eigenvalue weighted by Crippen LogP contribution is -2.22. The highest BCUT2D eigenvalue weighted by atomic mass is 16.5. The van der Waals surface area contributed by atoms with Crippen LogP contribution in [0.1, 0.15) is 61.5 Å². The molecule has 1 aromatic carbocycles. The van der Waals surface area contributed by atoms with Crippen molar-refractivity contribution in [1.82, 2.24) is 0 Å². The number of ether oxygens (including phenoxy) is 1. The molecule has 0 spiro atoms. The number of carbonyl (C=O) groups excluding carboxylic acids is 1. The van der Waals surface area contributed by atoms with Gasteiger partial charge in [0, 0.05) is 18.9 Å². The summed E-state index contributed by atoms with van der Waals surface area (Å²) in [6, 6.07) is 4.06. The van der Waals surface area contributed by atoms with Crippen LogP contribution in [0.25, 0.3) is 6.08 Å². The summed E-state index contributed by atoms with van der Waals surface area (Å²) in [6.07, 6.45) is 2.11. The van der Waals surface area contributed by atoms with Gasteiger partial charge in [-0.2, -0.15) is 0 Å². The summed E-state index contributed by atoms with van der Waals surface area (Å²) in [5.74, 6) is -1.03. The molecule has 0 saturated carbocycles. The van der Waals surface area contributed by atoms with E-state index in [1.165, 1.54) is 6.92 Å². The first-order valence-electron chi connectivity index (χ1n) is 9.23. The topological polar surface area (TPSA) is 104 Å². The van der Waals surface area contributed by atoms with E-state index in [1.807, 2.05) is 13.0 Å². The van der Waals surface area contributed by atoms with E-state index < -0.39 is 24.6 Å². The highest BCUT2D eigenvalue weighted by Gasteiger charge is 2.29. The third-order valence-electron chi connectivity index (χ3n) is 4.82. The highest BCUT2D eigenvalue weighted by molar-refractivity contribution is 5.68. The quantitative estimate of drug-likeness (QED) is 0.632. The summed E-state index contributed by atoms with van der Waals surface area (Å²) in [6.45, 7) is 5.48. The smallest absolute Gasteiger partial charge is 0.305 e. The van der Waals surface area contributed by atoms with Crippen LogP contribution < -0.4 is 0 Å². The SMILES string of the molecule is CC(=O)O[C@@H]1C[C@@H](C)Cc2ccc(C)c(/C=C/[C@H](O)C[C@H](O)CC(=O)O)c21. The van der Waals surface area contributed by atoms with E-state index in [4.69, 9.17) is 9.84 Å². The first-order chi connectivity index (χ1) is 12.7. The van der Waals surface area contributed by atoms with E-state index in [0.29, 0.717) is 5.92 Å². The summed E-state index contributed by atoms with van der Waals surface area (Å²) in [7, 11) is 0. The third kappa shape index (κ3) is 5.91. The van der Waals surface area contributed by atoms with E-state index in [-0.39, 0.29) is 18.5 Å². The van der Waals surface area contributed by atoms with Crippen LogP contribution in [0.4, 0.5) is 0 Å². The number of aliphatic hydroxyl groups excluding tert-OH is 2. The molecular formula is C21H28O6. The Bertz CT molecular complexity index is 724. The molecule has 0 saturated heterocycles. The number of carboxylic acid groups (broad SMARTS) is 1. The zero-order valence-electron chi connectivity index (χ0n) is 16.0. The van der Waals surface area contributed by atoms with Crippen molar-refractivity contribution in [3.05, 3.63) is 40.5 Å². The van der Waals surface area contributed by atoms with Gasteiger partial charge in [-0.25, -0.2) is 0 Å². The molecular weight excluding hydrogens is 348 g/mol. The lowest BCUT2D eigenvalue weighted by atomic mass is 9.79. The van der Waals surface area contributed by atoms with Crippen LogP contribution in [0.2, 0.25) is 0 Å². The molecule has 3 N–H and O–H groups in total. The Kier molecular flexibility index (Phi) is 7.16. The van der Waals surface area contributed by atoms with Crippen LogP contribution >= 0.6 is 0 Å². The van der Waals surface area contributed by atoms with Gasteiger partial charge in [0.2, 0.25) is 0 Å². The number of benzene rings is 1. The molecule has 1 aliphatic rings. The normalized spacial score (nSPS) is 21.5. The lowest BCUT2D eigenvalue weighted by molar-refractivity contribution is -0.148. The fraction of sp³-hybridized carbons (Fsp3) is 0.524. The number of hydrogen-bond donors (Lipinski definition) is 3. The largest absolute Gasteiger partial charge is 0.481 e. The summed E-state index contributed by atoms with van der Waals surface area (Å²) in [5, 5.41) is 28.5. The number of fused-ring (bicyclic) bond motifs is 1. The maximum absolute atomic E-state index is 11.5. The van der Waals surface area contributed by atoms with E-state index in [9.17, 15) is 19.8 Å². The molecule has 1 aromatic rings. The van der Waals surface area contributed by atoms with Crippen molar-refractivity contribution in [2.75, 3.05) is 0 Å². The predicted octanol–water partition coefficient (Wildman–Crippen LogP) is 2.78. The number of aryl methyl sites for hydroxylation is 1. The third-order valence-corrected chi connectivity index (χ3v) is 4.82. The summed E-state index contributed by atoms with van der Waals surface area (Å²) >= 11 is 0. The summed E-state index contributed by atoms with van der Waals surface area (Å²) in [5.41, 5.74) is 4.00. The molecule has 0 bridgehead atoms. The molecule has 0 radical (unpaired) electrons. The van der Waals surface area contributed by atoms with E-state index >= 15 is 0 Å². The first-order valence-corrected chi connectivity index (χ1v) is 9.23. The van der Waals surface area contributed by atoms with Gasteiger partial charge in [0.05, 0.1) is 18.6 Å². The molecule has 148 valence electrons. The lowest BCUT2D eigenvalue weighted by Gasteiger charge is -2.31. The van der Waals surface area contributed by atoms with Gasteiger partial charge in [0.25, 0.3) is 0 Å². The standard InChI is InChI=1S/C21H28O6/c1-12-8-15-5-4-13(2)18(21(15)19(9-12)27-14(3)22)7-6-16(23)10-17(24)11-20(25)26/h4-7,12,16-17,19,23-24H,8-11H2,1-3H3,(H,25,26)/b7-6+/t12-,16-,17-,19+/m0/s1. The van der Waals surface area contributed by atoms with Crippen molar-refractivity contribution in [3.8, 4) is 0 Å². The minimum Gasteiger partial charge on any atom is -0.481 e. The molecule has 0 aromatic heterocycles. The van der Waals surface area contributed by atoms with Crippen LogP contribution in [0, 0.1) is 12.8 Å². The molecule has 0 aliphatic heterocycles.